The molecule has 1 amide bonds. The fraction of sp³-hybridized carbons (Fsp3) is 0.500. The standard InChI is InChI=1S/C16H20FNO4/c1-11-4-2-3-5-12(11)16(6-8-22-9-7-16)15(21)18-13(10-17)14(19)20/h2-5,13H,6-10H2,1H3,(H,18,21)(H,19,20). The van der Waals surface area contributed by atoms with Gasteiger partial charge in [0.25, 0.3) is 0 Å². The van der Waals surface area contributed by atoms with Crippen molar-refractivity contribution in [2.75, 3.05) is 19.9 Å². The molecule has 0 saturated carbocycles. The van der Waals surface area contributed by atoms with Crippen LogP contribution in [-0.4, -0.2) is 42.9 Å². The van der Waals surface area contributed by atoms with Gasteiger partial charge in [-0.1, -0.05) is 24.3 Å². The third-order valence-electron chi connectivity index (χ3n) is 4.20. The van der Waals surface area contributed by atoms with Crippen LogP contribution in [0.15, 0.2) is 24.3 Å². The molecule has 1 aromatic carbocycles. The molecule has 1 aliphatic rings. The Morgan fingerprint density at radius 3 is 2.55 bits per heavy atom. The lowest BCUT2D eigenvalue weighted by Crippen LogP contribution is -2.53. The Bertz CT molecular complexity index is 555. The maximum Gasteiger partial charge on any atom is 0.328 e. The van der Waals surface area contributed by atoms with Crippen molar-refractivity contribution >= 4 is 11.9 Å². The molecule has 6 heteroatoms. The molecular weight excluding hydrogens is 289 g/mol. The van der Waals surface area contributed by atoms with Crippen molar-refractivity contribution in [2.24, 2.45) is 0 Å². The lowest BCUT2D eigenvalue weighted by molar-refractivity contribution is -0.144. The zero-order chi connectivity index (χ0) is 16.2. The number of alkyl halides is 1. The van der Waals surface area contributed by atoms with Gasteiger partial charge in [-0.05, 0) is 30.9 Å². The number of carboxylic acids is 1. The average Bonchev–Trinajstić information content (AvgIpc) is 2.53. The van der Waals surface area contributed by atoms with Crippen molar-refractivity contribution in [1.82, 2.24) is 5.32 Å². The first-order valence-electron chi connectivity index (χ1n) is 7.25. The summed E-state index contributed by atoms with van der Waals surface area (Å²) < 4.78 is 18.2. The third-order valence-corrected chi connectivity index (χ3v) is 4.20. The summed E-state index contributed by atoms with van der Waals surface area (Å²) in [5.41, 5.74) is 0.928. The highest BCUT2D eigenvalue weighted by Crippen LogP contribution is 2.37. The van der Waals surface area contributed by atoms with E-state index in [1.54, 1.807) is 0 Å². The Morgan fingerprint density at radius 2 is 2.00 bits per heavy atom. The summed E-state index contributed by atoms with van der Waals surface area (Å²) in [5, 5.41) is 11.3. The van der Waals surface area contributed by atoms with Crippen molar-refractivity contribution in [1.29, 1.82) is 0 Å². The van der Waals surface area contributed by atoms with E-state index in [1.807, 2.05) is 31.2 Å². The molecule has 0 spiro atoms. The van der Waals surface area contributed by atoms with Crippen LogP contribution in [0, 0.1) is 6.92 Å². The number of hydrogen-bond donors (Lipinski definition) is 2. The minimum absolute atomic E-state index is 0.412. The van der Waals surface area contributed by atoms with Crippen LogP contribution in [0.4, 0.5) is 4.39 Å². The van der Waals surface area contributed by atoms with Crippen molar-refractivity contribution < 1.29 is 23.8 Å². The van der Waals surface area contributed by atoms with Crippen molar-refractivity contribution in [3.63, 3.8) is 0 Å². The summed E-state index contributed by atoms with van der Waals surface area (Å²) in [5.74, 6) is -1.82. The lowest BCUT2D eigenvalue weighted by atomic mass is 9.71. The minimum Gasteiger partial charge on any atom is -0.480 e. The summed E-state index contributed by atoms with van der Waals surface area (Å²) >= 11 is 0. The van der Waals surface area contributed by atoms with Gasteiger partial charge < -0.3 is 15.2 Å². The Kier molecular flexibility index (Phi) is 5.13. The van der Waals surface area contributed by atoms with Gasteiger partial charge in [-0.2, -0.15) is 0 Å². The monoisotopic (exact) mass is 309 g/mol. The van der Waals surface area contributed by atoms with E-state index in [-0.39, 0.29) is 0 Å². The van der Waals surface area contributed by atoms with Crippen LogP contribution in [0.3, 0.4) is 0 Å². The van der Waals surface area contributed by atoms with Gasteiger partial charge in [-0.25, -0.2) is 9.18 Å². The van der Waals surface area contributed by atoms with E-state index in [4.69, 9.17) is 9.84 Å². The van der Waals surface area contributed by atoms with Gasteiger partial charge in [0.2, 0.25) is 5.91 Å². The molecule has 2 N–H and O–H groups in total. The van der Waals surface area contributed by atoms with Gasteiger partial charge in [0.05, 0.1) is 5.41 Å². The van der Waals surface area contributed by atoms with E-state index in [0.717, 1.165) is 11.1 Å². The van der Waals surface area contributed by atoms with Crippen LogP contribution in [0.5, 0.6) is 0 Å². The molecule has 120 valence electrons. The Balaban J connectivity index is 2.35. The highest BCUT2D eigenvalue weighted by atomic mass is 19.1. The van der Waals surface area contributed by atoms with Gasteiger partial charge in [0, 0.05) is 13.2 Å². The van der Waals surface area contributed by atoms with Gasteiger partial charge in [0.1, 0.15) is 6.67 Å². The van der Waals surface area contributed by atoms with Crippen LogP contribution in [0.25, 0.3) is 0 Å². The Labute approximate surface area is 128 Å². The summed E-state index contributed by atoms with van der Waals surface area (Å²) in [4.78, 5) is 23.7. The molecule has 0 radical (unpaired) electrons. The molecule has 0 bridgehead atoms. The third kappa shape index (κ3) is 3.11. The Hall–Kier alpha value is -1.95. The number of aliphatic carboxylic acids is 1. The molecular formula is C16H20FNO4. The van der Waals surface area contributed by atoms with E-state index in [9.17, 15) is 14.0 Å². The van der Waals surface area contributed by atoms with E-state index in [1.165, 1.54) is 0 Å². The number of carbonyl (C=O) groups is 2. The van der Waals surface area contributed by atoms with Crippen LogP contribution in [-0.2, 0) is 19.7 Å². The smallest absolute Gasteiger partial charge is 0.328 e. The van der Waals surface area contributed by atoms with Crippen LogP contribution >= 0.6 is 0 Å². The van der Waals surface area contributed by atoms with E-state index < -0.39 is 30.0 Å². The van der Waals surface area contributed by atoms with Gasteiger partial charge >= 0.3 is 5.97 Å². The normalized spacial score (nSPS) is 18.5. The largest absolute Gasteiger partial charge is 0.480 e. The van der Waals surface area contributed by atoms with Crippen LogP contribution in [0.1, 0.15) is 24.0 Å². The van der Waals surface area contributed by atoms with Gasteiger partial charge in [0.15, 0.2) is 6.04 Å². The fourth-order valence-corrected chi connectivity index (χ4v) is 2.91. The number of hydrogen-bond acceptors (Lipinski definition) is 3. The molecule has 1 heterocycles. The molecule has 0 aromatic heterocycles. The van der Waals surface area contributed by atoms with Gasteiger partial charge in [-0.15, -0.1) is 0 Å². The second kappa shape index (κ2) is 6.87. The molecule has 1 atom stereocenters. The summed E-state index contributed by atoms with van der Waals surface area (Å²) in [6, 6.07) is 5.98. The summed E-state index contributed by atoms with van der Waals surface area (Å²) in [6.45, 7) is 1.59. The molecule has 2 rings (SSSR count). The molecule has 0 aliphatic carbocycles. The number of rotatable bonds is 5. The number of carboxylic acid groups (broad SMARTS) is 1. The zero-order valence-electron chi connectivity index (χ0n) is 12.5. The quantitative estimate of drug-likeness (QED) is 0.866. The highest BCUT2D eigenvalue weighted by molar-refractivity contribution is 5.92. The topological polar surface area (TPSA) is 75.6 Å². The van der Waals surface area contributed by atoms with Crippen molar-refractivity contribution in [3.8, 4) is 0 Å². The molecule has 1 saturated heterocycles. The predicted molar refractivity (Wildman–Crippen MR) is 78.5 cm³/mol. The molecule has 5 nitrogen and oxygen atoms in total. The first kappa shape index (κ1) is 16.4. The first-order chi connectivity index (χ1) is 10.5. The molecule has 1 unspecified atom stereocenters. The van der Waals surface area contributed by atoms with E-state index in [0.29, 0.717) is 26.1 Å². The number of benzene rings is 1. The van der Waals surface area contributed by atoms with E-state index >= 15 is 0 Å². The van der Waals surface area contributed by atoms with Crippen LogP contribution < -0.4 is 5.32 Å². The SMILES string of the molecule is Cc1ccccc1C1(C(=O)NC(CF)C(=O)O)CCOCC1. The number of amides is 1. The average molecular weight is 309 g/mol. The molecule has 1 aliphatic heterocycles. The predicted octanol–water partition coefficient (Wildman–Crippen LogP) is 1.58. The number of ether oxygens (including phenoxy) is 1. The summed E-state index contributed by atoms with van der Waals surface area (Å²) in [7, 11) is 0. The van der Waals surface area contributed by atoms with Gasteiger partial charge in [-0.3, -0.25) is 4.79 Å². The second-order valence-electron chi connectivity index (χ2n) is 5.53. The second-order valence-corrected chi connectivity index (χ2v) is 5.53. The Morgan fingerprint density at radius 1 is 1.36 bits per heavy atom. The number of carbonyl (C=O) groups excluding carboxylic acids is 1. The molecule has 22 heavy (non-hydrogen) atoms. The lowest BCUT2D eigenvalue weighted by Gasteiger charge is -2.37. The maximum absolute atomic E-state index is 12.8. The maximum atomic E-state index is 12.8. The van der Waals surface area contributed by atoms with Crippen LogP contribution in [0.2, 0.25) is 0 Å². The first-order valence-corrected chi connectivity index (χ1v) is 7.25. The molecule has 1 fully saturated rings. The molecule has 1 aromatic rings. The van der Waals surface area contributed by atoms with Crippen molar-refractivity contribution in [3.05, 3.63) is 35.4 Å². The fourth-order valence-electron chi connectivity index (χ4n) is 2.91. The number of aryl methyl sites for hydroxylation is 1. The highest BCUT2D eigenvalue weighted by Gasteiger charge is 2.43. The van der Waals surface area contributed by atoms with Crippen molar-refractivity contribution in [2.45, 2.75) is 31.2 Å². The number of halogens is 1. The summed E-state index contributed by atoms with van der Waals surface area (Å²) in [6.07, 6.45) is 0.893. The minimum atomic E-state index is -1.52. The van der Waals surface area contributed by atoms with E-state index in [2.05, 4.69) is 5.32 Å². The number of nitrogens with one attached hydrogen (secondary N) is 1. The zero-order valence-corrected chi connectivity index (χ0v) is 12.5.